The molecule has 0 bridgehead atoms. The molecule has 0 aliphatic heterocycles. The average Bonchev–Trinajstić information content (AvgIpc) is 2.26. The molecule has 1 aromatic heterocycles. The maximum absolute atomic E-state index is 9.00. The number of nitriles is 1. The van der Waals surface area contributed by atoms with Crippen LogP contribution < -0.4 is 4.90 Å². The van der Waals surface area contributed by atoms with Gasteiger partial charge in [-0.25, -0.2) is 9.97 Å². The predicted octanol–water partition coefficient (Wildman–Crippen LogP) is 0.474. The number of aliphatic hydroxyl groups is 1. The molecule has 0 aliphatic carbocycles. The molecule has 1 unspecified atom stereocenters. The molecule has 0 aromatic carbocycles. The first-order valence-electron chi connectivity index (χ1n) is 4.68. The Kier molecular flexibility index (Phi) is 3.58. The van der Waals surface area contributed by atoms with Crippen LogP contribution in [0, 0.1) is 18.3 Å². The van der Waals surface area contributed by atoms with Gasteiger partial charge >= 0.3 is 0 Å². The molecule has 5 heteroatoms. The molecule has 0 aliphatic rings. The SMILES string of the molecule is Cc1cc(C#N)nc(N(C)C(C)CO)n1. The smallest absolute Gasteiger partial charge is 0.226 e. The molecular weight excluding hydrogens is 192 g/mol. The van der Waals surface area contributed by atoms with Gasteiger partial charge in [-0.2, -0.15) is 5.26 Å². The maximum atomic E-state index is 9.00. The molecule has 15 heavy (non-hydrogen) atoms. The van der Waals surface area contributed by atoms with Crippen molar-refractivity contribution in [2.24, 2.45) is 0 Å². The second kappa shape index (κ2) is 4.71. The summed E-state index contributed by atoms with van der Waals surface area (Å²) >= 11 is 0. The third-order valence-electron chi connectivity index (χ3n) is 2.20. The lowest BCUT2D eigenvalue weighted by Gasteiger charge is -2.23. The van der Waals surface area contributed by atoms with Gasteiger partial charge in [0.1, 0.15) is 11.8 Å². The van der Waals surface area contributed by atoms with Gasteiger partial charge in [0.05, 0.1) is 12.6 Å². The molecular formula is C10H14N4O. The highest BCUT2D eigenvalue weighted by molar-refractivity contribution is 5.35. The van der Waals surface area contributed by atoms with Crippen LogP contribution in [0.15, 0.2) is 6.07 Å². The standard InChI is InChI=1S/C10H14N4O/c1-7-4-9(5-11)13-10(12-7)14(3)8(2)6-15/h4,8,15H,6H2,1-3H3. The van der Waals surface area contributed by atoms with E-state index in [1.165, 1.54) is 0 Å². The van der Waals surface area contributed by atoms with Crippen molar-refractivity contribution in [3.05, 3.63) is 17.5 Å². The van der Waals surface area contributed by atoms with Crippen LogP contribution in [0.2, 0.25) is 0 Å². The number of aliphatic hydroxyl groups excluding tert-OH is 1. The highest BCUT2D eigenvalue weighted by atomic mass is 16.3. The molecule has 0 spiro atoms. The molecule has 5 nitrogen and oxygen atoms in total. The molecule has 0 saturated carbocycles. The van der Waals surface area contributed by atoms with E-state index < -0.39 is 0 Å². The van der Waals surface area contributed by atoms with Crippen molar-refractivity contribution in [2.45, 2.75) is 19.9 Å². The topological polar surface area (TPSA) is 73.0 Å². The van der Waals surface area contributed by atoms with Gasteiger partial charge in [0.15, 0.2) is 0 Å². The van der Waals surface area contributed by atoms with Crippen LogP contribution >= 0.6 is 0 Å². The molecule has 0 amide bonds. The molecule has 0 radical (unpaired) electrons. The summed E-state index contributed by atoms with van der Waals surface area (Å²) in [4.78, 5) is 10.0. The van der Waals surface area contributed by atoms with Gasteiger partial charge < -0.3 is 10.0 Å². The van der Waals surface area contributed by atoms with Crippen molar-refractivity contribution in [1.82, 2.24) is 9.97 Å². The Morgan fingerprint density at radius 3 is 2.80 bits per heavy atom. The van der Waals surface area contributed by atoms with Gasteiger partial charge in [0.2, 0.25) is 5.95 Å². The Bertz CT molecular complexity index is 385. The largest absolute Gasteiger partial charge is 0.394 e. The summed E-state index contributed by atoms with van der Waals surface area (Å²) in [6, 6.07) is 3.53. The Labute approximate surface area is 89.0 Å². The van der Waals surface area contributed by atoms with E-state index in [2.05, 4.69) is 9.97 Å². The van der Waals surface area contributed by atoms with Crippen molar-refractivity contribution in [3.8, 4) is 6.07 Å². The minimum absolute atomic E-state index is 0.0235. The summed E-state index contributed by atoms with van der Waals surface area (Å²) < 4.78 is 0. The lowest BCUT2D eigenvalue weighted by molar-refractivity contribution is 0.269. The number of hydrogen-bond donors (Lipinski definition) is 1. The van der Waals surface area contributed by atoms with Gasteiger partial charge in [0, 0.05) is 12.7 Å². The Hall–Kier alpha value is -1.67. The molecule has 0 fully saturated rings. The predicted molar refractivity (Wildman–Crippen MR) is 56.4 cm³/mol. The second-order valence-corrected chi connectivity index (χ2v) is 3.45. The molecule has 1 heterocycles. The van der Waals surface area contributed by atoms with Crippen LogP contribution in [0.4, 0.5) is 5.95 Å². The molecule has 1 rings (SSSR count). The van der Waals surface area contributed by atoms with Crippen LogP contribution in [-0.4, -0.2) is 34.8 Å². The summed E-state index contributed by atoms with van der Waals surface area (Å²) in [5.41, 5.74) is 1.09. The lowest BCUT2D eigenvalue weighted by Crippen LogP contribution is -2.33. The number of likely N-dealkylation sites (N-methyl/N-ethyl adjacent to an activating group) is 1. The Morgan fingerprint density at radius 2 is 2.27 bits per heavy atom. The third-order valence-corrected chi connectivity index (χ3v) is 2.20. The highest BCUT2D eigenvalue weighted by Crippen LogP contribution is 2.10. The zero-order chi connectivity index (χ0) is 11.4. The van der Waals surface area contributed by atoms with E-state index in [1.807, 2.05) is 19.9 Å². The first-order chi connectivity index (χ1) is 7.08. The van der Waals surface area contributed by atoms with Crippen molar-refractivity contribution >= 4 is 5.95 Å². The van der Waals surface area contributed by atoms with Gasteiger partial charge in [-0.3, -0.25) is 0 Å². The Morgan fingerprint density at radius 1 is 1.60 bits per heavy atom. The van der Waals surface area contributed by atoms with E-state index in [9.17, 15) is 0 Å². The van der Waals surface area contributed by atoms with E-state index >= 15 is 0 Å². The second-order valence-electron chi connectivity index (χ2n) is 3.45. The van der Waals surface area contributed by atoms with Gasteiger partial charge in [0.25, 0.3) is 0 Å². The van der Waals surface area contributed by atoms with Crippen LogP contribution in [0.1, 0.15) is 18.3 Å². The minimum atomic E-state index is -0.0710. The molecule has 1 N–H and O–H groups in total. The van der Waals surface area contributed by atoms with E-state index in [4.69, 9.17) is 10.4 Å². The van der Waals surface area contributed by atoms with Crippen molar-refractivity contribution < 1.29 is 5.11 Å². The monoisotopic (exact) mass is 206 g/mol. The Balaban J connectivity index is 3.04. The number of aromatic nitrogens is 2. The molecule has 0 saturated heterocycles. The summed E-state index contributed by atoms with van der Waals surface area (Å²) in [7, 11) is 1.79. The van der Waals surface area contributed by atoms with Crippen LogP contribution in [0.5, 0.6) is 0 Å². The van der Waals surface area contributed by atoms with E-state index in [-0.39, 0.29) is 12.6 Å². The first-order valence-corrected chi connectivity index (χ1v) is 4.68. The maximum Gasteiger partial charge on any atom is 0.226 e. The summed E-state index contributed by atoms with van der Waals surface area (Å²) in [6.07, 6.45) is 0. The van der Waals surface area contributed by atoms with Crippen LogP contribution in [-0.2, 0) is 0 Å². The number of aryl methyl sites for hydroxylation is 1. The third kappa shape index (κ3) is 2.64. The number of hydrogen-bond acceptors (Lipinski definition) is 5. The fourth-order valence-corrected chi connectivity index (χ4v) is 1.09. The highest BCUT2D eigenvalue weighted by Gasteiger charge is 2.12. The van der Waals surface area contributed by atoms with E-state index in [1.54, 1.807) is 18.0 Å². The quantitative estimate of drug-likeness (QED) is 0.778. The lowest BCUT2D eigenvalue weighted by atomic mass is 10.3. The van der Waals surface area contributed by atoms with Crippen molar-refractivity contribution in [1.29, 1.82) is 5.26 Å². The molecule has 80 valence electrons. The number of anilines is 1. The number of rotatable bonds is 3. The summed E-state index contributed by atoms with van der Waals surface area (Å²) in [5.74, 6) is 0.466. The molecule has 1 atom stereocenters. The summed E-state index contributed by atoms with van der Waals surface area (Å²) in [5, 5.41) is 17.8. The van der Waals surface area contributed by atoms with Crippen LogP contribution in [0.3, 0.4) is 0 Å². The minimum Gasteiger partial charge on any atom is -0.394 e. The fraction of sp³-hybridized carbons (Fsp3) is 0.500. The van der Waals surface area contributed by atoms with Crippen LogP contribution in [0.25, 0.3) is 0 Å². The van der Waals surface area contributed by atoms with Gasteiger partial charge in [-0.15, -0.1) is 0 Å². The normalized spacial score (nSPS) is 11.9. The van der Waals surface area contributed by atoms with Crippen molar-refractivity contribution in [3.63, 3.8) is 0 Å². The fourth-order valence-electron chi connectivity index (χ4n) is 1.09. The van der Waals surface area contributed by atoms with Gasteiger partial charge in [-0.1, -0.05) is 0 Å². The van der Waals surface area contributed by atoms with E-state index in [0.29, 0.717) is 11.6 Å². The zero-order valence-corrected chi connectivity index (χ0v) is 9.10. The first kappa shape index (κ1) is 11.4. The van der Waals surface area contributed by atoms with Gasteiger partial charge in [-0.05, 0) is 19.9 Å². The number of nitrogens with zero attached hydrogens (tertiary/aromatic N) is 4. The zero-order valence-electron chi connectivity index (χ0n) is 9.10. The molecule has 1 aromatic rings. The average molecular weight is 206 g/mol. The van der Waals surface area contributed by atoms with E-state index in [0.717, 1.165) is 5.69 Å². The van der Waals surface area contributed by atoms with Crippen molar-refractivity contribution in [2.75, 3.05) is 18.6 Å². The summed E-state index contributed by atoms with van der Waals surface area (Å²) in [6.45, 7) is 3.69.